The summed E-state index contributed by atoms with van der Waals surface area (Å²) in [7, 11) is 1.67. The van der Waals surface area contributed by atoms with Gasteiger partial charge in [-0.1, -0.05) is 29.5 Å². The van der Waals surface area contributed by atoms with Gasteiger partial charge in [0, 0.05) is 18.2 Å². The van der Waals surface area contributed by atoms with E-state index in [1.165, 1.54) is 24.3 Å². The summed E-state index contributed by atoms with van der Waals surface area (Å²) in [5, 5.41) is 0. The fourth-order valence-electron chi connectivity index (χ4n) is 2.26. The number of aryl methyl sites for hydroxylation is 1. The highest BCUT2D eigenvalue weighted by Gasteiger charge is 2.10. The van der Waals surface area contributed by atoms with Gasteiger partial charge in [0.25, 0.3) is 5.91 Å². The minimum Gasteiger partial charge on any atom is -0.317 e. The molecule has 0 N–H and O–H groups in total. The van der Waals surface area contributed by atoms with Crippen LogP contribution in [0.25, 0.3) is 10.2 Å². The van der Waals surface area contributed by atoms with Gasteiger partial charge in [0.05, 0.1) is 10.2 Å². The predicted molar refractivity (Wildman–Crippen MR) is 87.1 cm³/mol. The molecule has 0 aliphatic heterocycles. The van der Waals surface area contributed by atoms with E-state index in [1.54, 1.807) is 48.0 Å². The Bertz CT molecular complexity index is 984. The lowest BCUT2D eigenvalue weighted by atomic mass is 10.1. The lowest BCUT2D eigenvalue weighted by Crippen LogP contribution is -2.13. The second-order valence-electron chi connectivity index (χ2n) is 5.08. The summed E-state index contributed by atoms with van der Waals surface area (Å²) in [5.74, 6) is -0.837. The number of Topliss-reactive ketones (excluding diaryl/α,β-unsaturated/α-hetero) is 1. The maximum Gasteiger partial charge on any atom is 0.279 e. The van der Waals surface area contributed by atoms with Crippen LogP contribution in [0.15, 0.2) is 47.5 Å². The van der Waals surface area contributed by atoms with Gasteiger partial charge in [-0.3, -0.25) is 9.59 Å². The Morgan fingerprint density at radius 2 is 1.74 bits per heavy atom. The van der Waals surface area contributed by atoms with Crippen LogP contribution in [-0.4, -0.2) is 16.3 Å². The van der Waals surface area contributed by atoms with Gasteiger partial charge in [-0.05, 0) is 31.2 Å². The molecule has 0 spiro atoms. The number of para-hydroxylation sites is 1. The molecule has 0 aliphatic carbocycles. The summed E-state index contributed by atoms with van der Waals surface area (Å²) in [5.41, 5.74) is 1.35. The summed E-state index contributed by atoms with van der Waals surface area (Å²) in [6.07, 6.45) is 0. The van der Waals surface area contributed by atoms with Crippen LogP contribution >= 0.6 is 11.3 Å². The highest BCUT2D eigenvalue weighted by molar-refractivity contribution is 7.16. The first-order chi connectivity index (χ1) is 11.0. The number of thiazole rings is 1. The molecular weight excluding hydrogens is 315 g/mol. The van der Waals surface area contributed by atoms with Gasteiger partial charge in [-0.2, -0.15) is 4.99 Å². The molecule has 0 bridgehead atoms. The van der Waals surface area contributed by atoms with Gasteiger partial charge in [-0.15, -0.1) is 0 Å². The molecule has 1 aromatic heterocycles. The molecule has 1 amide bonds. The molecule has 0 radical (unpaired) electrons. The van der Waals surface area contributed by atoms with Crippen molar-refractivity contribution < 1.29 is 14.0 Å². The van der Waals surface area contributed by atoms with Crippen molar-refractivity contribution in [3.63, 3.8) is 0 Å². The number of carbonyl (C=O) groups excluding carboxylic acids is 2. The molecule has 0 atom stereocenters. The van der Waals surface area contributed by atoms with Crippen LogP contribution in [0.5, 0.6) is 0 Å². The number of rotatable bonds is 2. The molecule has 116 valence electrons. The number of carbonyl (C=O) groups is 2. The topological polar surface area (TPSA) is 51.4 Å². The molecule has 2 aromatic carbocycles. The lowest BCUT2D eigenvalue weighted by molar-refractivity contribution is 0.0991. The van der Waals surface area contributed by atoms with E-state index in [1.807, 2.05) is 0 Å². The zero-order valence-corrected chi connectivity index (χ0v) is 13.4. The van der Waals surface area contributed by atoms with E-state index in [2.05, 4.69) is 4.99 Å². The number of amides is 1. The van der Waals surface area contributed by atoms with Crippen LogP contribution in [0.4, 0.5) is 4.39 Å². The average Bonchev–Trinajstić information content (AvgIpc) is 2.85. The Balaban J connectivity index is 2.04. The van der Waals surface area contributed by atoms with Crippen molar-refractivity contribution >= 4 is 33.2 Å². The number of fused-ring (bicyclic) bond motifs is 1. The van der Waals surface area contributed by atoms with Gasteiger partial charge in [0.1, 0.15) is 5.82 Å². The summed E-state index contributed by atoms with van der Waals surface area (Å²) in [6.45, 7) is 1.47. The van der Waals surface area contributed by atoms with E-state index in [-0.39, 0.29) is 11.6 Å². The van der Waals surface area contributed by atoms with Crippen molar-refractivity contribution in [1.29, 1.82) is 0 Å². The predicted octanol–water partition coefficient (Wildman–Crippen LogP) is 3.32. The second-order valence-corrected chi connectivity index (χ2v) is 6.09. The Labute approximate surface area is 135 Å². The lowest BCUT2D eigenvalue weighted by Gasteiger charge is -1.98. The standard InChI is InChI=1S/C17H13FN2O2S/c1-10(21)11-6-8-12(9-7-11)16(22)19-17-20(2)15-13(18)4-3-5-14(15)23-17/h3-9H,1-2H3. The third-order valence-corrected chi connectivity index (χ3v) is 4.61. The first-order valence-corrected chi connectivity index (χ1v) is 7.73. The fraction of sp³-hybridized carbons (Fsp3) is 0.118. The Kier molecular flexibility index (Phi) is 3.92. The smallest absolute Gasteiger partial charge is 0.279 e. The van der Waals surface area contributed by atoms with Crippen molar-refractivity contribution in [3.8, 4) is 0 Å². The molecule has 3 rings (SSSR count). The minimum absolute atomic E-state index is 0.0627. The van der Waals surface area contributed by atoms with E-state index in [4.69, 9.17) is 0 Å². The summed E-state index contributed by atoms with van der Waals surface area (Å²) in [4.78, 5) is 28.0. The normalized spacial score (nSPS) is 11.9. The van der Waals surface area contributed by atoms with Crippen LogP contribution in [0.2, 0.25) is 0 Å². The van der Waals surface area contributed by atoms with E-state index < -0.39 is 5.91 Å². The van der Waals surface area contributed by atoms with Crippen LogP contribution in [0.1, 0.15) is 27.6 Å². The van der Waals surface area contributed by atoms with Gasteiger partial charge < -0.3 is 4.57 Å². The van der Waals surface area contributed by atoms with Gasteiger partial charge >= 0.3 is 0 Å². The summed E-state index contributed by atoms with van der Waals surface area (Å²) in [6, 6.07) is 11.1. The molecule has 6 heteroatoms. The minimum atomic E-state index is -0.428. The number of nitrogens with zero attached hydrogens (tertiary/aromatic N) is 2. The SMILES string of the molecule is CC(=O)c1ccc(C(=O)N=c2sc3cccc(F)c3n2C)cc1. The highest BCUT2D eigenvalue weighted by atomic mass is 32.1. The van der Waals surface area contributed by atoms with Crippen LogP contribution in [-0.2, 0) is 7.05 Å². The second kappa shape index (κ2) is 5.89. The number of benzene rings is 2. The Hall–Kier alpha value is -2.60. The molecule has 4 nitrogen and oxygen atoms in total. The fourth-order valence-corrected chi connectivity index (χ4v) is 3.29. The Morgan fingerprint density at radius 1 is 1.09 bits per heavy atom. The van der Waals surface area contributed by atoms with Crippen LogP contribution in [0, 0.1) is 5.82 Å². The van der Waals surface area contributed by atoms with Crippen molar-refractivity contribution in [3.05, 3.63) is 64.2 Å². The van der Waals surface area contributed by atoms with Crippen molar-refractivity contribution in [2.24, 2.45) is 12.0 Å². The molecule has 0 aliphatic rings. The van der Waals surface area contributed by atoms with Gasteiger partial charge in [0.15, 0.2) is 10.6 Å². The monoisotopic (exact) mass is 328 g/mol. The quantitative estimate of drug-likeness (QED) is 0.678. The van der Waals surface area contributed by atoms with E-state index in [0.29, 0.717) is 21.4 Å². The molecule has 0 fully saturated rings. The molecular formula is C17H13FN2O2S. The highest BCUT2D eigenvalue weighted by Crippen LogP contribution is 2.19. The van der Waals surface area contributed by atoms with Crippen molar-refractivity contribution in [1.82, 2.24) is 4.57 Å². The maximum atomic E-state index is 13.9. The number of aromatic nitrogens is 1. The van der Waals surface area contributed by atoms with Crippen molar-refractivity contribution in [2.75, 3.05) is 0 Å². The maximum absolute atomic E-state index is 13.9. The molecule has 0 saturated carbocycles. The van der Waals surface area contributed by atoms with Crippen LogP contribution in [0.3, 0.4) is 0 Å². The third-order valence-electron chi connectivity index (χ3n) is 3.51. The van der Waals surface area contributed by atoms with E-state index >= 15 is 0 Å². The van der Waals surface area contributed by atoms with Gasteiger partial charge in [0.2, 0.25) is 0 Å². The zero-order chi connectivity index (χ0) is 16.6. The average molecular weight is 328 g/mol. The first kappa shape index (κ1) is 15.3. The summed E-state index contributed by atoms with van der Waals surface area (Å²) < 4.78 is 16.2. The van der Waals surface area contributed by atoms with Crippen LogP contribution < -0.4 is 4.80 Å². The summed E-state index contributed by atoms with van der Waals surface area (Å²) >= 11 is 1.25. The zero-order valence-electron chi connectivity index (χ0n) is 12.5. The largest absolute Gasteiger partial charge is 0.317 e. The van der Waals surface area contributed by atoms with Gasteiger partial charge in [-0.25, -0.2) is 4.39 Å². The van der Waals surface area contributed by atoms with Crippen molar-refractivity contribution in [2.45, 2.75) is 6.92 Å². The molecule has 23 heavy (non-hydrogen) atoms. The van der Waals surface area contributed by atoms with E-state index in [0.717, 1.165) is 4.70 Å². The number of hydrogen-bond donors (Lipinski definition) is 0. The van der Waals surface area contributed by atoms with E-state index in [9.17, 15) is 14.0 Å². The number of halogens is 1. The number of hydrogen-bond acceptors (Lipinski definition) is 3. The Morgan fingerprint density at radius 3 is 2.35 bits per heavy atom. The molecule has 1 heterocycles. The first-order valence-electron chi connectivity index (χ1n) is 6.91. The molecule has 0 unspecified atom stereocenters. The number of ketones is 1. The molecule has 3 aromatic rings. The third kappa shape index (κ3) is 2.85. The molecule has 0 saturated heterocycles.